The molecule has 0 radical (unpaired) electrons. The van der Waals surface area contributed by atoms with Gasteiger partial charge in [-0.1, -0.05) is 12.6 Å². The van der Waals surface area contributed by atoms with E-state index in [1.165, 1.54) is 12.3 Å². The average Bonchev–Trinajstić information content (AvgIpc) is 2.41. The van der Waals surface area contributed by atoms with Crippen LogP contribution in [0.4, 0.5) is 0 Å². The lowest BCUT2D eigenvalue weighted by Gasteiger charge is -1.96. The number of aromatic nitrogens is 2. The van der Waals surface area contributed by atoms with Crippen LogP contribution in [-0.4, -0.2) is 0 Å². The Labute approximate surface area is 101 Å². The quantitative estimate of drug-likeness (QED) is 0.570. The molecular weight excluding hydrogens is 212 g/mol. The van der Waals surface area contributed by atoms with E-state index in [1.54, 1.807) is 24.4 Å². The first-order valence-corrected chi connectivity index (χ1v) is 5.17. The van der Waals surface area contributed by atoms with Gasteiger partial charge in [0.25, 0.3) is 0 Å². The van der Waals surface area contributed by atoms with E-state index in [0.29, 0.717) is 5.69 Å². The zero-order chi connectivity index (χ0) is 12.5. The summed E-state index contributed by atoms with van der Waals surface area (Å²) in [6, 6.07) is 11.1. The van der Waals surface area contributed by atoms with Crippen molar-refractivity contribution in [1.82, 2.24) is 0 Å². The maximum Gasteiger partial charge on any atom is 0.215 e. The minimum Gasteiger partial charge on any atom is -0.618 e. The summed E-state index contributed by atoms with van der Waals surface area (Å²) in [5, 5.41) is 10.7. The maximum absolute atomic E-state index is 10.7. The Morgan fingerprint density at radius 3 is 2.00 bits per heavy atom. The van der Waals surface area contributed by atoms with Gasteiger partial charge in [0.1, 0.15) is 0 Å². The minimum atomic E-state index is 0.581. The van der Waals surface area contributed by atoms with Crippen molar-refractivity contribution in [2.24, 2.45) is 0 Å². The van der Waals surface area contributed by atoms with Gasteiger partial charge in [-0.3, -0.25) is 0 Å². The Morgan fingerprint density at radius 1 is 0.941 bits per heavy atom. The van der Waals surface area contributed by atoms with Crippen LogP contribution in [0.25, 0.3) is 12.3 Å². The molecule has 3 heteroatoms. The fourth-order valence-electron chi connectivity index (χ4n) is 1.13. The van der Waals surface area contributed by atoms with Gasteiger partial charge in [-0.2, -0.15) is 9.30 Å². The molecule has 3 nitrogen and oxygen atoms in total. The summed E-state index contributed by atoms with van der Waals surface area (Å²) in [5.74, 6) is 0. The second-order valence-electron chi connectivity index (χ2n) is 3.16. The Bertz CT molecular complexity index is 481. The van der Waals surface area contributed by atoms with Gasteiger partial charge in [0.15, 0.2) is 24.8 Å². The molecule has 0 saturated carbocycles. The van der Waals surface area contributed by atoms with Crippen molar-refractivity contribution in [2.75, 3.05) is 0 Å². The fourth-order valence-corrected chi connectivity index (χ4v) is 1.13. The molecule has 0 N–H and O–H groups in total. The van der Waals surface area contributed by atoms with Crippen LogP contribution in [0.5, 0.6) is 0 Å². The molecule has 0 aliphatic rings. The summed E-state index contributed by atoms with van der Waals surface area (Å²) in [6.07, 6.45) is 8.59. The number of rotatable bonds is 2. The highest BCUT2D eigenvalue weighted by Crippen LogP contribution is 1.89. The third-order valence-electron chi connectivity index (χ3n) is 2.01. The SMILES string of the molecule is C=C[n+]1ccccc1.C=Cc1cccc[n+]1[O-]. The molecule has 2 aromatic heterocycles. The smallest absolute Gasteiger partial charge is 0.215 e. The second kappa shape index (κ2) is 6.95. The highest BCUT2D eigenvalue weighted by Gasteiger charge is 1.92. The van der Waals surface area contributed by atoms with Crippen LogP contribution >= 0.6 is 0 Å². The minimum absolute atomic E-state index is 0.581. The van der Waals surface area contributed by atoms with Crippen LogP contribution < -0.4 is 9.30 Å². The first-order chi connectivity index (χ1) is 8.27. The van der Waals surface area contributed by atoms with E-state index in [2.05, 4.69) is 13.2 Å². The van der Waals surface area contributed by atoms with Crippen molar-refractivity contribution < 1.29 is 9.30 Å². The Balaban J connectivity index is 0.000000171. The second-order valence-corrected chi connectivity index (χ2v) is 3.16. The Morgan fingerprint density at radius 2 is 1.59 bits per heavy atom. The van der Waals surface area contributed by atoms with Crippen molar-refractivity contribution in [2.45, 2.75) is 0 Å². The number of nitrogens with zero attached hydrogens (tertiary/aromatic N) is 2. The predicted molar refractivity (Wildman–Crippen MR) is 68.5 cm³/mol. The normalized spacial score (nSPS) is 8.71. The number of hydrogen-bond acceptors (Lipinski definition) is 1. The molecule has 0 amide bonds. The van der Waals surface area contributed by atoms with Crippen LogP contribution in [0.1, 0.15) is 5.69 Å². The standard InChI is InChI=1S/C7H7NO.C7H8N/c1-2-7-5-3-4-6-8(7)9;1-2-8-6-4-3-5-7-8/h2-6H,1H2;2-7H,1H2/q;+1. The van der Waals surface area contributed by atoms with Crippen molar-refractivity contribution in [1.29, 1.82) is 0 Å². The van der Waals surface area contributed by atoms with E-state index in [9.17, 15) is 5.21 Å². The zero-order valence-corrected chi connectivity index (χ0v) is 9.57. The molecule has 0 spiro atoms. The molecule has 0 aliphatic carbocycles. The van der Waals surface area contributed by atoms with E-state index in [0.717, 1.165) is 4.73 Å². The van der Waals surface area contributed by atoms with Crippen LogP contribution in [0.3, 0.4) is 0 Å². The lowest BCUT2D eigenvalue weighted by molar-refractivity contribution is -0.607. The zero-order valence-electron chi connectivity index (χ0n) is 9.57. The summed E-state index contributed by atoms with van der Waals surface area (Å²) in [7, 11) is 0. The van der Waals surface area contributed by atoms with Gasteiger partial charge in [0, 0.05) is 30.3 Å². The molecule has 0 atom stereocenters. The number of hydrogen-bond donors (Lipinski definition) is 0. The molecule has 86 valence electrons. The van der Waals surface area contributed by atoms with Gasteiger partial charge < -0.3 is 5.21 Å². The first-order valence-electron chi connectivity index (χ1n) is 5.17. The molecule has 2 aromatic rings. The summed E-state index contributed by atoms with van der Waals surface area (Å²) < 4.78 is 2.66. The van der Waals surface area contributed by atoms with Gasteiger partial charge in [-0.15, -0.1) is 0 Å². The summed E-state index contributed by atoms with van der Waals surface area (Å²) >= 11 is 0. The summed E-state index contributed by atoms with van der Waals surface area (Å²) in [4.78, 5) is 0. The molecule has 0 aromatic carbocycles. The monoisotopic (exact) mass is 227 g/mol. The molecule has 0 aliphatic heterocycles. The van der Waals surface area contributed by atoms with Gasteiger partial charge in [0.05, 0.1) is 0 Å². The number of pyridine rings is 2. The van der Waals surface area contributed by atoms with E-state index >= 15 is 0 Å². The van der Waals surface area contributed by atoms with Crippen molar-refractivity contribution in [3.63, 3.8) is 0 Å². The molecule has 0 unspecified atom stereocenters. The van der Waals surface area contributed by atoms with Gasteiger partial charge in [-0.25, -0.2) is 0 Å². The van der Waals surface area contributed by atoms with Crippen molar-refractivity contribution in [3.05, 3.63) is 79.0 Å². The van der Waals surface area contributed by atoms with Crippen LogP contribution in [-0.2, 0) is 0 Å². The highest BCUT2D eigenvalue weighted by atomic mass is 16.5. The molecule has 2 rings (SSSR count). The van der Waals surface area contributed by atoms with E-state index in [4.69, 9.17) is 0 Å². The van der Waals surface area contributed by atoms with Gasteiger partial charge >= 0.3 is 0 Å². The maximum atomic E-state index is 10.7. The lowest BCUT2D eigenvalue weighted by Crippen LogP contribution is -2.28. The van der Waals surface area contributed by atoms with E-state index in [-0.39, 0.29) is 0 Å². The third kappa shape index (κ3) is 4.30. The Hall–Kier alpha value is -2.42. The molecule has 0 bridgehead atoms. The average molecular weight is 227 g/mol. The van der Waals surface area contributed by atoms with Gasteiger partial charge in [-0.05, 0) is 12.6 Å². The fraction of sp³-hybridized carbons (Fsp3) is 0. The molecule has 0 fully saturated rings. The highest BCUT2D eigenvalue weighted by molar-refractivity contribution is 5.36. The van der Waals surface area contributed by atoms with E-state index < -0.39 is 0 Å². The van der Waals surface area contributed by atoms with Crippen molar-refractivity contribution >= 4 is 12.3 Å². The Kier molecular flexibility index (Phi) is 5.17. The van der Waals surface area contributed by atoms with Crippen LogP contribution in [0, 0.1) is 5.21 Å². The topological polar surface area (TPSA) is 30.8 Å². The van der Waals surface area contributed by atoms with Crippen LogP contribution in [0.15, 0.2) is 68.1 Å². The predicted octanol–water partition coefficient (Wildman–Crippen LogP) is 2.04. The van der Waals surface area contributed by atoms with Crippen LogP contribution in [0.2, 0.25) is 0 Å². The first kappa shape index (κ1) is 12.6. The van der Waals surface area contributed by atoms with Crippen molar-refractivity contribution in [3.8, 4) is 0 Å². The van der Waals surface area contributed by atoms with E-state index in [1.807, 2.05) is 35.2 Å². The summed E-state index contributed by atoms with van der Waals surface area (Å²) in [5.41, 5.74) is 0.581. The third-order valence-corrected chi connectivity index (χ3v) is 2.01. The molecule has 17 heavy (non-hydrogen) atoms. The largest absolute Gasteiger partial charge is 0.618 e. The lowest BCUT2D eigenvalue weighted by atomic mass is 10.3. The summed E-state index contributed by atoms with van der Waals surface area (Å²) in [6.45, 7) is 7.06. The van der Waals surface area contributed by atoms with Gasteiger partial charge in [0.2, 0.25) is 5.69 Å². The molecule has 0 saturated heterocycles. The molecule has 2 heterocycles. The molecular formula is C14H15N2O+.